The molecule has 0 aliphatic rings. The molecule has 0 N–H and O–H groups in total. The van der Waals surface area contributed by atoms with Gasteiger partial charge in [-0.25, -0.2) is 0 Å². The van der Waals surface area contributed by atoms with Crippen LogP contribution in [-0.4, -0.2) is 8.68 Å². The molecule has 0 atom stereocenters. The van der Waals surface area contributed by atoms with Crippen molar-refractivity contribution in [3.05, 3.63) is 0 Å². The fourth-order valence-corrected chi connectivity index (χ4v) is 2.62. The molecule has 0 saturated heterocycles. The predicted molar refractivity (Wildman–Crippen MR) is 45.9 cm³/mol. The smallest absolute Gasteiger partial charge is 0.276 e. The summed E-state index contributed by atoms with van der Waals surface area (Å²) in [7, 11) is -1.16. The second kappa shape index (κ2) is 7.13. The Morgan fingerprint density at radius 2 is 1.40 bits per heavy atom. The Balaban J connectivity index is 3.09. The Kier molecular flexibility index (Phi) is 7.14. The number of rotatable bonds is 6. The first-order chi connectivity index (χ1) is 4.81. The van der Waals surface area contributed by atoms with Gasteiger partial charge in [0.25, 0.3) is 8.68 Å². The minimum absolute atomic E-state index is 0.987. The second-order valence-corrected chi connectivity index (χ2v) is 4.82. The zero-order valence-electron chi connectivity index (χ0n) is 7.15. The van der Waals surface area contributed by atoms with E-state index in [-0.39, 0.29) is 0 Å². The fraction of sp³-hybridized carbons (Fsp3) is 1.00. The van der Waals surface area contributed by atoms with Crippen LogP contribution < -0.4 is 0 Å². The van der Waals surface area contributed by atoms with Crippen LogP contribution in [0.3, 0.4) is 0 Å². The Bertz CT molecular complexity index is 81.3. The first kappa shape index (κ1) is 10.0. The first-order valence-electron chi connectivity index (χ1n) is 4.33. The van der Waals surface area contributed by atoms with Crippen LogP contribution in [0.2, 0.25) is 12.1 Å². The first-order valence-corrected chi connectivity index (χ1v) is 6.15. The Labute approximate surface area is 65.5 Å². The van der Waals surface area contributed by atoms with Gasteiger partial charge in [-0.15, -0.1) is 0 Å². The third-order valence-electron chi connectivity index (χ3n) is 1.62. The van der Waals surface area contributed by atoms with Gasteiger partial charge in [0.15, 0.2) is 0 Å². The molecule has 2 heteroatoms. The third-order valence-corrected chi connectivity index (χ3v) is 3.44. The molecule has 0 heterocycles. The molecule has 0 saturated carbocycles. The Hall–Kier alpha value is 0.0169. The zero-order chi connectivity index (χ0) is 7.82. The number of hydrogen-bond acceptors (Lipinski definition) is 1. The molecule has 0 fully saturated rings. The van der Waals surface area contributed by atoms with E-state index in [1.165, 1.54) is 12.8 Å². The largest absolute Gasteiger partial charge is 0.388 e. The average molecular weight is 158 g/mol. The summed E-state index contributed by atoms with van der Waals surface area (Å²) in [5.41, 5.74) is 0. The minimum atomic E-state index is -1.16. The van der Waals surface area contributed by atoms with Gasteiger partial charge in [0, 0.05) is 0 Å². The van der Waals surface area contributed by atoms with Crippen LogP contribution in [0.25, 0.3) is 0 Å². The summed E-state index contributed by atoms with van der Waals surface area (Å²) in [4.78, 5) is 0. The maximum Gasteiger partial charge on any atom is 0.276 e. The molecule has 0 aliphatic carbocycles. The molecule has 0 unspecified atom stereocenters. The van der Waals surface area contributed by atoms with Crippen molar-refractivity contribution in [2.24, 2.45) is 0 Å². The standard InChI is InChI=1S/C8H18OSi/c1-3-5-7-10(9)8-6-4-2/h3-8H2,1-2H3. The van der Waals surface area contributed by atoms with Gasteiger partial charge in [-0.3, -0.25) is 0 Å². The normalized spacial score (nSPS) is 9.80. The molecule has 10 heavy (non-hydrogen) atoms. The molecule has 0 rings (SSSR count). The van der Waals surface area contributed by atoms with Crippen LogP contribution in [-0.2, 0) is 4.46 Å². The van der Waals surface area contributed by atoms with E-state index in [0.717, 1.165) is 24.9 Å². The van der Waals surface area contributed by atoms with Crippen molar-refractivity contribution in [3.8, 4) is 0 Å². The van der Waals surface area contributed by atoms with Crippen molar-refractivity contribution in [2.75, 3.05) is 0 Å². The van der Waals surface area contributed by atoms with E-state index in [0.29, 0.717) is 0 Å². The third kappa shape index (κ3) is 6.14. The van der Waals surface area contributed by atoms with E-state index >= 15 is 0 Å². The van der Waals surface area contributed by atoms with Gasteiger partial charge in [-0.2, -0.15) is 0 Å². The van der Waals surface area contributed by atoms with Gasteiger partial charge in [-0.1, -0.05) is 39.5 Å². The summed E-state index contributed by atoms with van der Waals surface area (Å²) >= 11 is 0. The zero-order valence-corrected chi connectivity index (χ0v) is 8.15. The molecule has 0 spiro atoms. The molecule has 0 aliphatic heterocycles. The van der Waals surface area contributed by atoms with Crippen LogP contribution in [0.4, 0.5) is 0 Å². The molecule has 0 bridgehead atoms. The highest BCUT2D eigenvalue weighted by molar-refractivity contribution is 6.42. The molecule has 0 aromatic heterocycles. The van der Waals surface area contributed by atoms with Crippen molar-refractivity contribution in [2.45, 2.75) is 51.6 Å². The lowest BCUT2D eigenvalue weighted by Crippen LogP contribution is -1.97. The van der Waals surface area contributed by atoms with E-state index < -0.39 is 8.68 Å². The Morgan fingerprint density at radius 1 is 1.00 bits per heavy atom. The van der Waals surface area contributed by atoms with Gasteiger partial charge in [0.05, 0.1) is 0 Å². The average Bonchev–Trinajstić information content (AvgIpc) is 1.97. The molecule has 0 aromatic carbocycles. The molecule has 0 radical (unpaired) electrons. The predicted octanol–water partition coefficient (Wildman–Crippen LogP) is 3.01. The second-order valence-electron chi connectivity index (χ2n) is 2.75. The minimum Gasteiger partial charge on any atom is -0.388 e. The van der Waals surface area contributed by atoms with Crippen molar-refractivity contribution in [1.29, 1.82) is 0 Å². The summed E-state index contributed by atoms with van der Waals surface area (Å²) in [5, 5.41) is 0. The van der Waals surface area contributed by atoms with Gasteiger partial charge < -0.3 is 4.46 Å². The summed E-state index contributed by atoms with van der Waals surface area (Å²) in [6.45, 7) is 4.30. The topological polar surface area (TPSA) is 17.1 Å². The van der Waals surface area contributed by atoms with Crippen LogP contribution in [0.15, 0.2) is 0 Å². The van der Waals surface area contributed by atoms with Crippen molar-refractivity contribution in [3.63, 3.8) is 0 Å². The maximum atomic E-state index is 11.1. The van der Waals surface area contributed by atoms with E-state index in [1.807, 2.05) is 0 Å². The van der Waals surface area contributed by atoms with Crippen molar-refractivity contribution >= 4 is 8.68 Å². The molecule has 0 aromatic rings. The summed E-state index contributed by atoms with van der Waals surface area (Å²) in [5.74, 6) is 0. The van der Waals surface area contributed by atoms with Crippen LogP contribution >= 0.6 is 0 Å². The maximum absolute atomic E-state index is 11.1. The van der Waals surface area contributed by atoms with Crippen LogP contribution in [0.5, 0.6) is 0 Å². The highest BCUT2D eigenvalue weighted by atomic mass is 28.3. The van der Waals surface area contributed by atoms with Crippen molar-refractivity contribution < 1.29 is 4.46 Å². The highest BCUT2D eigenvalue weighted by Crippen LogP contribution is 2.03. The van der Waals surface area contributed by atoms with Gasteiger partial charge in [-0.05, 0) is 12.1 Å². The van der Waals surface area contributed by atoms with E-state index in [1.54, 1.807) is 0 Å². The number of unbranched alkanes of at least 4 members (excludes halogenated alkanes) is 2. The summed E-state index contributed by atoms with van der Waals surface area (Å²) in [6, 6.07) is 1.97. The van der Waals surface area contributed by atoms with E-state index in [2.05, 4.69) is 13.8 Å². The molecule has 60 valence electrons. The lowest BCUT2D eigenvalue weighted by molar-refractivity contribution is 0.552. The summed E-state index contributed by atoms with van der Waals surface area (Å²) in [6.07, 6.45) is 4.67. The van der Waals surface area contributed by atoms with Gasteiger partial charge in [0.1, 0.15) is 0 Å². The SMILES string of the molecule is CCCC[Si](=O)CCCC. The quantitative estimate of drug-likeness (QED) is 0.543. The lowest BCUT2D eigenvalue weighted by atomic mass is 10.4. The monoisotopic (exact) mass is 158 g/mol. The van der Waals surface area contributed by atoms with Crippen LogP contribution in [0.1, 0.15) is 39.5 Å². The fourth-order valence-electron chi connectivity index (χ4n) is 0.873. The molecular weight excluding hydrogens is 140 g/mol. The number of hydrogen-bond donors (Lipinski definition) is 0. The van der Waals surface area contributed by atoms with E-state index in [4.69, 9.17) is 0 Å². The van der Waals surface area contributed by atoms with Crippen LogP contribution in [0, 0.1) is 0 Å². The van der Waals surface area contributed by atoms with Crippen molar-refractivity contribution in [1.82, 2.24) is 0 Å². The van der Waals surface area contributed by atoms with Gasteiger partial charge >= 0.3 is 0 Å². The Morgan fingerprint density at radius 3 is 1.70 bits per heavy atom. The lowest BCUT2D eigenvalue weighted by Gasteiger charge is -1.94. The van der Waals surface area contributed by atoms with E-state index in [9.17, 15) is 4.46 Å². The molecular formula is C8H18OSi. The van der Waals surface area contributed by atoms with Gasteiger partial charge in [0.2, 0.25) is 0 Å². The molecule has 1 nitrogen and oxygen atoms in total. The highest BCUT2D eigenvalue weighted by Gasteiger charge is 2.01. The summed E-state index contributed by atoms with van der Waals surface area (Å²) < 4.78 is 11.1. The molecule has 0 amide bonds.